The second-order valence-corrected chi connectivity index (χ2v) is 6.73. The summed E-state index contributed by atoms with van der Waals surface area (Å²) in [6, 6.07) is 2.81. The number of anilines is 1. The Kier molecular flexibility index (Phi) is 4.06. The molecule has 0 bridgehead atoms. The second kappa shape index (κ2) is 5.50. The molecule has 3 N–H and O–H groups in total. The predicted octanol–water partition coefficient (Wildman–Crippen LogP) is 2.22. The van der Waals surface area contributed by atoms with Gasteiger partial charge in [0, 0.05) is 0 Å². The number of sulfonamides is 1. The lowest BCUT2D eigenvalue weighted by molar-refractivity contribution is 0.428. The fourth-order valence-electron chi connectivity index (χ4n) is 2.08. The summed E-state index contributed by atoms with van der Waals surface area (Å²) in [5.41, 5.74) is 7.56. The highest BCUT2D eigenvalue weighted by molar-refractivity contribution is 7.89. The Bertz CT molecular complexity index is 766. The molecule has 0 amide bonds. The van der Waals surface area contributed by atoms with Crippen LogP contribution in [0.5, 0.6) is 0 Å². The van der Waals surface area contributed by atoms with Crippen LogP contribution in [0.2, 0.25) is 0 Å². The van der Waals surface area contributed by atoms with Crippen molar-refractivity contribution in [2.75, 3.05) is 5.73 Å². The largest absolute Gasteiger partial charge is 0.444 e. The first-order chi connectivity index (χ1) is 9.72. The van der Waals surface area contributed by atoms with Crippen LogP contribution in [0, 0.1) is 20.8 Å². The smallest absolute Gasteiger partial charge is 0.243 e. The van der Waals surface area contributed by atoms with Crippen LogP contribution in [0.15, 0.2) is 27.6 Å². The lowest BCUT2D eigenvalue weighted by Gasteiger charge is -2.16. The van der Waals surface area contributed by atoms with Gasteiger partial charge in [0.2, 0.25) is 15.9 Å². The summed E-state index contributed by atoms with van der Waals surface area (Å²) in [5.74, 6) is 0.947. The molecule has 0 aliphatic rings. The number of nitrogen functional groups attached to an aromatic ring is 1. The molecule has 1 aromatic carbocycles. The van der Waals surface area contributed by atoms with E-state index in [-0.39, 0.29) is 10.6 Å². The van der Waals surface area contributed by atoms with Crippen LogP contribution in [-0.4, -0.2) is 13.4 Å². The van der Waals surface area contributed by atoms with Crippen LogP contribution < -0.4 is 10.5 Å². The normalized spacial score (nSPS) is 13.3. The zero-order valence-electron chi connectivity index (χ0n) is 12.5. The third kappa shape index (κ3) is 3.08. The summed E-state index contributed by atoms with van der Waals surface area (Å²) in [4.78, 5) is 4.14. The number of nitrogens with one attached hydrogen (secondary N) is 1. The van der Waals surface area contributed by atoms with E-state index in [9.17, 15) is 8.42 Å². The zero-order chi connectivity index (χ0) is 15.8. The maximum Gasteiger partial charge on any atom is 0.243 e. The molecular formula is C14H19N3O3S. The average Bonchev–Trinajstić information content (AvgIpc) is 2.80. The van der Waals surface area contributed by atoms with E-state index in [0.29, 0.717) is 17.2 Å². The van der Waals surface area contributed by atoms with Gasteiger partial charge in [0.15, 0.2) is 0 Å². The maximum atomic E-state index is 12.6. The monoisotopic (exact) mass is 309 g/mol. The predicted molar refractivity (Wildman–Crippen MR) is 80.3 cm³/mol. The van der Waals surface area contributed by atoms with Gasteiger partial charge in [-0.3, -0.25) is 0 Å². The first-order valence-electron chi connectivity index (χ1n) is 6.52. The number of benzene rings is 1. The van der Waals surface area contributed by atoms with Crippen molar-refractivity contribution in [3.05, 3.63) is 41.1 Å². The van der Waals surface area contributed by atoms with E-state index in [1.807, 2.05) is 6.92 Å². The zero-order valence-corrected chi connectivity index (χ0v) is 13.3. The van der Waals surface area contributed by atoms with Crippen LogP contribution >= 0.6 is 0 Å². The van der Waals surface area contributed by atoms with Gasteiger partial charge in [-0.15, -0.1) is 0 Å². The summed E-state index contributed by atoms with van der Waals surface area (Å²) in [6.45, 7) is 7.00. The molecule has 0 saturated heterocycles. The number of oxazole rings is 1. The summed E-state index contributed by atoms with van der Waals surface area (Å²) in [7, 11) is -3.76. The molecular weight excluding hydrogens is 290 g/mol. The number of hydrogen-bond acceptors (Lipinski definition) is 5. The van der Waals surface area contributed by atoms with E-state index >= 15 is 0 Å². The minimum absolute atomic E-state index is 0.109. The molecule has 0 aliphatic carbocycles. The highest BCUT2D eigenvalue weighted by Gasteiger charge is 2.25. The van der Waals surface area contributed by atoms with E-state index in [1.54, 1.807) is 39.1 Å². The first kappa shape index (κ1) is 15.5. The van der Waals surface area contributed by atoms with Crippen LogP contribution in [0.4, 0.5) is 5.69 Å². The van der Waals surface area contributed by atoms with Gasteiger partial charge in [-0.05, 0) is 44.9 Å². The van der Waals surface area contributed by atoms with Crippen molar-refractivity contribution in [2.45, 2.75) is 38.6 Å². The molecule has 1 aromatic heterocycles. The van der Waals surface area contributed by atoms with E-state index in [1.165, 1.54) is 0 Å². The Morgan fingerprint density at radius 3 is 2.52 bits per heavy atom. The topological polar surface area (TPSA) is 98.2 Å². The van der Waals surface area contributed by atoms with Gasteiger partial charge in [-0.25, -0.2) is 13.4 Å². The van der Waals surface area contributed by atoms with Crippen LogP contribution in [-0.2, 0) is 10.0 Å². The minimum Gasteiger partial charge on any atom is -0.444 e. The van der Waals surface area contributed by atoms with Crippen molar-refractivity contribution in [1.82, 2.24) is 9.71 Å². The number of nitrogens with two attached hydrogens (primary N) is 1. The summed E-state index contributed by atoms with van der Waals surface area (Å²) < 4.78 is 33.0. The minimum atomic E-state index is -3.76. The van der Waals surface area contributed by atoms with E-state index in [4.69, 9.17) is 10.2 Å². The van der Waals surface area contributed by atoms with Crippen molar-refractivity contribution >= 4 is 15.7 Å². The Labute approximate surface area is 124 Å². The molecule has 21 heavy (non-hydrogen) atoms. The Morgan fingerprint density at radius 1 is 1.29 bits per heavy atom. The average molecular weight is 309 g/mol. The lowest BCUT2D eigenvalue weighted by Crippen LogP contribution is -2.28. The number of aromatic nitrogens is 1. The molecule has 0 fully saturated rings. The van der Waals surface area contributed by atoms with Crippen molar-refractivity contribution in [2.24, 2.45) is 0 Å². The SMILES string of the molecule is Cc1cnc(C(C)NS(=O)(=O)c2c(N)ccc(C)c2C)o1. The number of rotatable bonds is 4. The van der Waals surface area contributed by atoms with Crippen molar-refractivity contribution < 1.29 is 12.8 Å². The molecule has 2 aromatic rings. The van der Waals surface area contributed by atoms with E-state index in [2.05, 4.69) is 9.71 Å². The molecule has 0 saturated carbocycles. The lowest BCUT2D eigenvalue weighted by atomic mass is 10.1. The molecule has 1 unspecified atom stereocenters. The van der Waals surface area contributed by atoms with Crippen LogP contribution in [0.3, 0.4) is 0 Å². The molecule has 0 spiro atoms. The van der Waals surface area contributed by atoms with Crippen LogP contribution in [0.25, 0.3) is 0 Å². The van der Waals surface area contributed by atoms with Gasteiger partial charge in [-0.2, -0.15) is 4.72 Å². The fraction of sp³-hybridized carbons (Fsp3) is 0.357. The third-order valence-electron chi connectivity index (χ3n) is 3.32. The summed E-state index contributed by atoms with van der Waals surface area (Å²) >= 11 is 0. The van der Waals surface area contributed by atoms with Crippen molar-refractivity contribution in [1.29, 1.82) is 0 Å². The summed E-state index contributed by atoms with van der Waals surface area (Å²) in [5, 5.41) is 0. The van der Waals surface area contributed by atoms with E-state index < -0.39 is 16.1 Å². The Balaban J connectivity index is 2.37. The first-order valence-corrected chi connectivity index (χ1v) is 8.01. The standard InChI is InChI=1S/C14H19N3O3S/c1-8-5-6-12(15)13(10(8)3)21(18,19)17-11(4)14-16-7-9(2)20-14/h5-7,11,17H,15H2,1-4H3. The van der Waals surface area contributed by atoms with Gasteiger partial charge in [0.05, 0.1) is 17.9 Å². The molecule has 1 heterocycles. The Hall–Kier alpha value is -1.86. The molecule has 7 heteroatoms. The van der Waals surface area contributed by atoms with Crippen LogP contribution in [0.1, 0.15) is 35.7 Å². The summed E-state index contributed by atoms with van der Waals surface area (Å²) in [6.07, 6.45) is 1.55. The van der Waals surface area contributed by atoms with Gasteiger partial charge >= 0.3 is 0 Å². The second-order valence-electron chi connectivity index (χ2n) is 5.08. The number of nitrogens with zero attached hydrogens (tertiary/aromatic N) is 1. The fourth-order valence-corrected chi connectivity index (χ4v) is 3.71. The molecule has 1 atom stereocenters. The maximum absolute atomic E-state index is 12.6. The number of hydrogen-bond donors (Lipinski definition) is 2. The Morgan fingerprint density at radius 2 is 1.95 bits per heavy atom. The molecule has 2 rings (SSSR count). The van der Waals surface area contributed by atoms with E-state index in [0.717, 1.165) is 5.56 Å². The third-order valence-corrected chi connectivity index (χ3v) is 5.06. The quantitative estimate of drug-likeness (QED) is 0.844. The molecule has 114 valence electrons. The molecule has 0 radical (unpaired) electrons. The van der Waals surface area contributed by atoms with Crippen molar-refractivity contribution in [3.8, 4) is 0 Å². The van der Waals surface area contributed by atoms with Gasteiger partial charge in [-0.1, -0.05) is 6.07 Å². The van der Waals surface area contributed by atoms with Gasteiger partial charge < -0.3 is 10.2 Å². The molecule has 0 aliphatic heterocycles. The highest BCUT2D eigenvalue weighted by Crippen LogP contribution is 2.26. The van der Waals surface area contributed by atoms with Gasteiger partial charge in [0.1, 0.15) is 10.7 Å². The number of aryl methyl sites for hydroxylation is 2. The van der Waals surface area contributed by atoms with Crippen molar-refractivity contribution in [3.63, 3.8) is 0 Å². The highest BCUT2D eigenvalue weighted by atomic mass is 32.2. The van der Waals surface area contributed by atoms with Gasteiger partial charge in [0.25, 0.3) is 0 Å². The molecule has 6 nitrogen and oxygen atoms in total.